The maximum atomic E-state index is 11.3. The largest absolute Gasteiger partial charge is 0.370 e. The Bertz CT molecular complexity index is 481. The molecular formula is C15H20N2O2. The second-order valence-corrected chi connectivity index (χ2v) is 5.37. The number of hydrogen-bond acceptors (Lipinski definition) is 3. The van der Waals surface area contributed by atoms with E-state index in [0.717, 1.165) is 42.7 Å². The molecule has 2 aliphatic heterocycles. The minimum atomic E-state index is 0.0825. The number of carbonyl (C=O) groups excluding carboxylic acids is 1. The molecule has 2 heterocycles. The van der Waals surface area contributed by atoms with Crippen LogP contribution in [0.15, 0.2) is 18.2 Å². The van der Waals surface area contributed by atoms with Gasteiger partial charge >= 0.3 is 0 Å². The van der Waals surface area contributed by atoms with E-state index in [1.807, 2.05) is 6.07 Å². The molecule has 0 spiro atoms. The van der Waals surface area contributed by atoms with E-state index in [4.69, 9.17) is 4.74 Å². The summed E-state index contributed by atoms with van der Waals surface area (Å²) in [4.78, 5) is 11.3. The lowest BCUT2D eigenvalue weighted by atomic mass is 10.0. The van der Waals surface area contributed by atoms with Crippen molar-refractivity contribution in [1.29, 1.82) is 0 Å². The number of rotatable bonds is 3. The number of piperidine rings is 1. The predicted molar refractivity (Wildman–Crippen MR) is 74.2 cm³/mol. The topological polar surface area (TPSA) is 50.4 Å². The molecule has 2 aliphatic rings. The lowest BCUT2D eigenvalue weighted by Crippen LogP contribution is -2.33. The molecule has 0 radical (unpaired) electrons. The number of anilines is 1. The summed E-state index contributed by atoms with van der Waals surface area (Å²) in [5, 5.41) is 6.20. The maximum Gasteiger partial charge on any atom is 0.228 e. The van der Waals surface area contributed by atoms with E-state index < -0.39 is 0 Å². The average Bonchev–Trinajstić information content (AvgIpc) is 2.78. The fraction of sp³-hybridized carbons (Fsp3) is 0.533. The van der Waals surface area contributed by atoms with E-state index in [1.165, 1.54) is 0 Å². The Morgan fingerprint density at radius 2 is 2.11 bits per heavy atom. The molecule has 4 heteroatoms. The Labute approximate surface area is 113 Å². The number of fused-ring (bicyclic) bond motifs is 1. The molecule has 1 atom stereocenters. The van der Waals surface area contributed by atoms with E-state index in [-0.39, 0.29) is 12.0 Å². The Hall–Kier alpha value is -1.39. The second kappa shape index (κ2) is 5.31. The van der Waals surface area contributed by atoms with Crippen LogP contribution >= 0.6 is 0 Å². The van der Waals surface area contributed by atoms with Crippen molar-refractivity contribution in [2.45, 2.75) is 38.4 Å². The van der Waals surface area contributed by atoms with Crippen LogP contribution < -0.4 is 10.6 Å². The number of carbonyl (C=O) groups is 1. The third kappa shape index (κ3) is 2.80. The van der Waals surface area contributed by atoms with Crippen LogP contribution in [0.2, 0.25) is 0 Å². The van der Waals surface area contributed by atoms with Gasteiger partial charge in [-0.2, -0.15) is 0 Å². The first-order chi connectivity index (χ1) is 9.22. The van der Waals surface area contributed by atoms with Crippen molar-refractivity contribution in [2.75, 3.05) is 18.4 Å². The highest BCUT2D eigenvalue weighted by molar-refractivity contribution is 5.99. The molecule has 4 nitrogen and oxygen atoms in total. The SMILES string of the molecule is CC(OC1CCNCC1)c1ccc2c(c1)CC(=O)N2. The summed E-state index contributed by atoms with van der Waals surface area (Å²) in [6.45, 7) is 4.17. The molecule has 0 aliphatic carbocycles. The lowest BCUT2D eigenvalue weighted by molar-refractivity contribution is -0.115. The minimum Gasteiger partial charge on any atom is -0.370 e. The Morgan fingerprint density at radius 1 is 1.32 bits per heavy atom. The quantitative estimate of drug-likeness (QED) is 0.874. The van der Waals surface area contributed by atoms with Crippen molar-refractivity contribution in [3.8, 4) is 0 Å². The number of amides is 1. The standard InChI is InChI=1S/C15H20N2O2/c1-10(19-13-4-6-16-7-5-13)11-2-3-14-12(8-11)9-15(18)17-14/h2-3,8,10,13,16H,4-7,9H2,1H3,(H,17,18). The van der Waals surface area contributed by atoms with Gasteiger partial charge < -0.3 is 15.4 Å². The summed E-state index contributed by atoms with van der Waals surface area (Å²) in [5.41, 5.74) is 3.19. The molecule has 3 rings (SSSR count). The van der Waals surface area contributed by atoms with Gasteiger partial charge in [-0.1, -0.05) is 12.1 Å². The smallest absolute Gasteiger partial charge is 0.228 e. The van der Waals surface area contributed by atoms with Crippen molar-refractivity contribution >= 4 is 11.6 Å². The highest BCUT2D eigenvalue weighted by Crippen LogP contribution is 2.29. The Kier molecular flexibility index (Phi) is 3.53. The molecule has 0 aromatic heterocycles. The van der Waals surface area contributed by atoms with Gasteiger partial charge in [0.25, 0.3) is 0 Å². The number of nitrogens with one attached hydrogen (secondary N) is 2. The van der Waals surface area contributed by atoms with Crippen LogP contribution in [0.5, 0.6) is 0 Å². The molecule has 1 amide bonds. The van der Waals surface area contributed by atoms with Gasteiger partial charge in [0, 0.05) is 5.69 Å². The number of benzene rings is 1. The van der Waals surface area contributed by atoms with Gasteiger partial charge in [0.1, 0.15) is 0 Å². The van der Waals surface area contributed by atoms with Crippen molar-refractivity contribution in [2.24, 2.45) is 0 Å². The van der Waals surface area contributed by atoms with Gasteiger partial charge in [0.05, 0.1) is 18.6 Å². The van der Waals surface area contributed by atoms with Crippen molar-refractivity contribution < 1.29 is 9.53 Å². The number of ether oxygens (including phenoxy) is 1. The zero-order valence-electron chi connectivity index (χ0n) is 11.2. The summed E-state index contributed by atoms with van der Waals surface area (Å²) in [6, 6.07) is 6.13. The van der Waals surface area contributed by atoms with Crippen molar-refractivity contribution in [3.05, 3.63) is 29.3 Å². The van der Waals surface area contributed by atoms with Crippen LogP contribution in [-0.2, 0) is 16.0 Å². The molecule has 1 fully saturated rings. The van der Waals surface area contributed by atoms with E-state index in [0.29, 0.717) is 12.5 Å². The van der Waals surface area contributed by atoms with Crippen LogP contribution in [0.25, 0.3) is 0 Å². The van der Waals surface area contributed by atoms with Crippen LogP contribution in [0.3, 0.4) is 0 Å². The van der Waals surface area contributed by atoms with E-state index in [1.54, 1.807) is 0 Å². The molecule has 1 aromatic rings. The van der Waals surface area contributed by atoms with E-state index in [2.05, 4.69) is 29.7 Å². The highest BCUT2D eigenvalue weighted by Gasteiger charge is 2.21. The zero-order valence-corrected chi connectivity index (χ0v) is 11.2. The first-order valence-corrected chi connectivity index (χ1v) is 7.01. The summed E-state index contributed by atoms with van der Waals surface area (Å²) >= 11 is 0. The molecule has 0 bridgehead atoms. The van der Waals surface area contributed by atoms with Gasteiger partial charge in [-0.3, -0.25) is 4.79 Å². The normalized spacial score (nSPS) is 21.0. The highest BCUT2D eigenvalue weighted by atomic mass is 16.5. The van der Waals surface area contributed by atoms with Crippen molar-refractivity contribution in [1.82, 2.24) is 5.32 Å². The fourth-order valence-electron chi connectivity index (χ4n) is 2.80. The first-order valence-electron chi connectivity index (χ1n) is 7.01. The number of hydrogen-bond donors (Lipinski definition) is 2. The molecule has 0 saturated carbocycles. The molecule has 19 heavy (non-hydrogen) atoms. The van der Waals surface area contributed by atoms with Gasteiger partial charge in [0.15, 0.2) is 0 Å². The Morgan fingerprint density at radius 3 is 2.89 bits per heavy atom. The summed E-state index contributed by atoms with van der Waals surface area (Å²) < 4.78 is 6.12. The predicted octanol–water partition coefficient (Wildman–Crippen LogP) is 2.01. The second-order valence-electron chi connectivity index (χ2n) is 5.37. The third-order valence-electron chi connectivity index (χ3n) is 3.91. The first kappa shape index (κ1) is 12.6. The van der Waals surface area contributed by atoms with E-state index >= 15 is 0 Å². The van der Waals surface area contributed by atoms with Gasteiger partial charge in [-0.15, -0.1) is 0 Å². The monoisotopic (exact) mass is 260 g/mol. The Balaban J connectivity index is 1.68. The summed E-state index contributed by atoms with van der Waals surface area (Å²) in [6.07, 6.45) is 3.09. The summed E-state index contributed by atoms with van der Waals surface area (Å²) in [5.74, 6) is 0.0825. The molecule has 2 N–H and O–H groups in total. The average molecular weight is 260 g/mol. The lowest BCUT2D eigenvalue weighted by Gasteiger charge is -2.26. The third-order valence-corrected chi connectivity index (χ3v) is 3.91. The van der Waals surface area contributed by atoms with Crippen LogP contribution in [0.1, 0.15) is 37.0 Å². The molecule has 1 aromatic carbocycles. The maximum absolute atomic E-state index is 11.3. The van der Waals surface area contributed by atoms with Crippen LogP contribution in [-0.4, -0.2) is 25.1 Å². The van der Waals surface area contributed by atoms with E-state index in [9.17, 15) is 4.79 Å². The van der Waals surface area contributed by atoms with Crippen LogP contribution in [0, 0.1) is 0 Å². The zero-order chi connectivity index (χ0) is 13.2. The van der Waals surface area contributed by atoms with Crippen molar-refractivity contribution in [3.63, 3.8) is 0 Å². The van der Waals surface area contributed by atoms with Gasteiger partial charge in [0.2, 0.25) is 5.91 Å². The molecule has 102 valence electrons. The summed E-state index contributed by atoms with van der Waals surface area (Å²) in [7, 11) is 0. The van der Waals surface area contributed by atoms with Gasteiger partial charge in [-0.25, -0.2) is 0 Å². The molecular weight excluding hydrogens is 240 g/mol. The van der Waals surface area contributed by atoms with Crippen LogP contribution in [0.4, 0.5) is 5.69 Å². The minimum absolute atomic E-state index is 0.0825. The molecule has 1 saturated heterocycles. The molecule has 1 unspecified atom stereocenters. The fourth-order valence-corrected chi connectivity index (χ4v) is 2.80. The van der Waals surface area contributed by atoms with Gasteiger partial charge in [-0.05, 0) is 50.0 Å².